The summed E-state index contributed by atoms with van der Waals surface area (Å²) in [7, 11) is 1.30. The normalized spacial score (nSPS) is 16.5. The predicted octanol–water partition coefficient (Wildman–Crippen LogP) is 1.83. The Balaban J connectivity index is 2.33. The second-order valence-electron chi connectivity index (χ2n) is 5.04. The first kappa shape index (κ1) is 15.2. The Kier molecular flexibility index (Phi) is 3.83. The zero-order valence-electron chi connectivity index (χ0n) is 12.5. The summed E-state index contributed by atoms with van der Waals surface area (Å²) in [6.07, 6.45) is 1.61. The molecule has 1 atom stereocenters. The van der Waals surface area contributed by atoms with Gasteiger partial charge in [0.2, 0.25) is 0 Å². The predicted molar refractivity (Wildman–Crippen MR) is 86.7 cm³/mol. The zero-order valence-corrected chi connectivity index (χ0v) is 13.3. The number of H-pyrrole nitrogens is 2. The number of aromatic amines is 2. The molecule has 3 N–H and O–H groups in total. The molecule has 2 aromatic rings. The Labute approximate surface area is 136 Å². The van der Waals surface area contributed by atoms with Gasteiger partial charge in [0.25, 0.3) is 5.56 Å². The van der Waals surface area contributed by atoms with E-state index in [0.717, 1.165) is 0 Å². The Morgan fingerprint density at radius 1 is 1.35 bits per heavy atom. The first-order valence-corrected chi connectivity index (χ1v) is 7.27. The van der Waals surface area contributed by atoms with Gasteiger partial charge in [0.15, 0.2) is 4.77 Å². The number of nitrogens with one attached hydrogen (secondary N) is 3. The van der Waals surface area contributed by atoms with Gasteiger partial charge in [-0.3, -0.25) is 14.8 Å². The van der Waals surface area contributed by atoms with Crippen LogP contribution < -0.4 is 10.9 Å². The van der Waals surface area contributed by atoms with Crippen molar-refractivity contribution >= 4 is 24.0 Å². The van der Waals surface area contributed by atoms with Crippen LogP contribution in [0.1, 0.15) is 24.1 Å². The molecule has 0 bridgehead atoms. The number of hydrogen-bond donors (Lipinski definition) is 3. The number of nitrogens with zero attached hydrogens (tertiary/aromatic N) is 1. The molecule has 2 aromatic heterocycles. The van der Waals surface area contributed by atoms with Crippen molar-refractivity contribution < 1.29 is 9.53 Å². The molecular formula is C15H14N4O3S. The number of carbonyl (C=O) groups excluding carboxylic acids is 1. The number of esters is 1. The lowest BCUT2D eigenvalue weighted by atomic mass is 9.85. The molecule has 3 heterocycles. The minimum atomic E-state index is -0.643. The van der Waals surface area contributed by atoms with Gasteiger partial charge in [-0.25, -0.2) is 4.79 Å². The van der Waals surface area contributed by atoms with Gasteiger partial charge in [-0.05, 0) is 31.3 Å². The van der Waals surface area contributed by atoms with E-state index in [-0.39, 0.29) is 10.3 Å². The number of allylic oxidation sites excluding steroid dienone is 1. The molecule has 0 aliphatic carbocycles. The number of fused-ring (bicyclic) bond motifs is 1. The Hall–Kier alpha value is -2.74. The molecule has 8 heteroatoms. The molecule has 7 nitrogen and oxygen atoms in total. The van der Waals surface area contributed by atoms with Crippen molar-refractivity contribution in [1.82, 2.24) is 15.0 Å². The van der Waals surface area contributed by atoms with E-state index >= 15 is 0 Å². The highest BCUT2D eigenvalue weighted by Gasteiger charge is 2.36. The highest BCUT2D eigenvalue weighted by atomic mass is 32.1. The van der Waals surface area contributed by atoms with Crippen LogP contribution >= 0.6 is 12.2 Å². The largest absolute Gasteiger partial charge is 0.466 e. The van der Waals surface area contributed by atoms with Gasteiger partial charge in [0, 0.05) is 11.9 Å². The number of anilines is 1. The van der Waals surface area contributed by atoms with E-state index in [2.05, 4.69) is 20.3 Å². The van der Waals surface area contributed by atoms with Gasteiger partial charge < -0.3 is 15.0 Å². The highest BCUT2D eigenvalue weighted by molar-refractivity contribution is 7.71. The summed E-state index contributed by atoms with van der Waals surface area (Å²) in [6.45, 7) is 1.74. The fraction of sp³-hybridized carbons (Fsp3) is 0.200. The van der Waals surface area contributed by atoms with Gasteiger partial charge in [-0.15, -0.1) is 0 Å². The second kappa shape index (κ2) is 5.81. The van der Waals surface area contributed by atoms with Crippen molar-refractivity contribution in [3.8, 4) is 0 Å². The molecule has 23 heavy (non-hydrogen) atoms. The first-order chi connectivity index (χ1) is 11.0. The summed E-state index contributed by atoms with van der Waals surface area (Å²) in [5, 5.41) is 3.02. The number of rotatable bonds is 2. The van der Waals surface area contributed by atoms with Gasteiger partial charge in [0.05, 0.1) is 29.9 Å². The van der Waals surface area contributed by atoms with Crippen molar-refractivity contribution in [2.75, 3.05) is 12.4 Å². The van der Waals surface area contributed by atoms with E-state index in [4.69, 9.17) is 17.0 Å². The maximum absolute atomic E-state index is 12.4. The maximum atomic E-state index is 12.4. The summed E-state index contributed by atoms with van der Waals surface area (Å²) < 4.78 is 5.09. The lowest BCUT2D eigenvalue weighted by Gasteiger charge is -2.27. The minimum absolute atomic E-state index is 0.204. The molecule has 3 rings (SSSR count). The van der Waals surface area contributed by atoms with Crippen LogP contribution in [-0.2, 0) is 9.53 Å². The summed E-state index contributed by atoms with van der Waals surface area (Å²) in [5.74, 6) is -0.701. The summed E-state index contributed by atoms with van der Waals surface area (Å²) in [5.41, 5.74) is 1.47. The molecule has 118 valence electrons. The molecule has 0 fully saturated rings. The molecule has 1 unspecified atom stereocenters. The zero-order chi connectivity index (χ0) is 16.6. The number of carbonyl (C=O) groups is 1. The van der Waals surface area contributed by atoms with Gasteiger partial charge >= 0.3 is 5.97 Å². The smallest absolute Gasteiger partial charge is 0.336 e. The van der Waals surface area contributed by atoms with Crippen molar-refractivity contribution in [2.45, 2.75) is 12.8 Å². The van der Waals surface area contributed by atoms with E-state index in [9.17, 15) is 9.59 Å². The van der Waals surface area contributed by atoms with Gasteiger partial charge in [0.1, 0.15) is 5.82 Å². The molecule has 0 radical (unpaired) electrons. The SMILES string of the molecule is COC(=O)C1=C(C)Nc2[nH]c(=S)[nH]c(=O)c2C1c1ccccn1. The fourth-order valence-electron chi connectivity index (χ4n) is 2.71. The standard InChI is InChI=1S/C15H14N4O3S/c1-7-9(14(21)22-2)10(8-5-3-4-6-16-8)11-12(17-7)18-15(23)19-13(11)20/h3-6,10H,1-2H3,(H3,17,18,19,20,23). The summed E-state index contributed by atoms with van der Waals surface area (Å²) in [4.78, 5) is 34.5. The van der Waals surface area contributed by atoms with Crippen LogP contribution in [0.3, 0.4) is 0 Å². The van der Waals surface area contributed by atoms with E-state index in [0.29, 0.717) is 28.3 Å². The Bertz CT molecular complexity index is 914. The third-order valence-electron chi connectivity index (χ3n) is 3.66. The number of aromatic nitrogens is 3. The van der Waals surface area contributed by atoms with Crippen LogP contribution in [0.2, 0.25) is 0 Å². The average molecular weight is 330 g/mol. The molecule has 1 aliphatic rings. The van der Waals surface area contributed by atoms with E-state index in [1.54, 1.807) is 31.3 Å². The topological polar surface area (TPSA) is 99.9 Å². The Morgan fingerprint density at radius 3 is 2.78 bits per heavy atom. The summed E-state index contributed by atoms with van der Waals surface area (Å²) in [6, 6.07) is 5.33. The quantitative estimate of drug-likeness (QED) is 0.574. The number of ether oxygens (including phenoxy) is 1. The van der Waals surface area contributed by atoms with Crippen LogP contribution in [0.15, 0.2) is 40.5 Å². The minimum Gasteiger partial charge on any atom is -0.466 e. The van der Waals surface area contributed by atoms with E-state index < -0.39 is 11.9 Å². The third kappa shape index (κ3) is 2.57. The molecule has 0 amide bonds. The highest BCUT2D eigenvalue weighted by Crippen LogP contribution is 2.38. The molecule has 0 saturated carbocycles. The molecule has 1 aliphatic heterocycles. The molecule has 0 saturated heterocycles. The van der Waals surface area contributed by atoms with E-state index in [1.165, 1.54) is 7.11 Å². The van der Waals surface area contributed by atoms with Gasteiger partial charge in [-0.1, -0.05) is 6.07 Å². The van der Waals surface area contributed by atoms with Crippen molar-refractivity contribution in [3.05, 3.63) is 62.0 Å². The van der Waals surface area contributed by atoms with Crippen LogP contribution in [0, 0.1) is 4.77 Å². The first-order valence-electron chi connectivity index (χ1n) is 6.86. The van der Waals surface area contributed by atoms with E-state index in [1.807, 2.05) is 0 Å². The molecular weight excluding hydrogens is 316 g/mol. The summed E-state index contributed by atoms with van der Waals surface area (Å²) >= 11 is 5.01. The van der Waals surface area contributed by atoms with Crippen LogP contribution in [0.5, 0.6) is 0 Å². The van der Waals surface area contributed by atoms with Crippen LogP contribution in [0.4, 0.5) is 5.82 Å². The maximum Gasteiger partial charge on any atom is 0.336 e. The lowest BCUT2D eigenvalue weighted by molar-refractivity contribution is -0.136. The van der Waals surface area contributed by atoms with Crippen molar-refractivity contribution in [1.29, 1.82) is 0 Å². The van der Waals surface area contributed by atoms with Crippen molar-refractivity contribution in [3.63, 3.8) is 0 Å². The second-order valence-corrected chi connectivity index (χ2v) is 5.45. The van der Waals surface area contributed by atoms with Crippen molar-refractivity contribution in [2.24, 2.45) is 0 Å². The molecule has 0 aromatic carbocycles. The monoisotopic (exact) mass is 330 g/mol. The lowest BCUT2D eigenvalue weighted by Crippen LogP contribution is -2.31. The fourth-order valence-corrected chi connectivity index (χ4v) is 2.90. The third-order valence-corrected chi connectivity index (χ3v) is 3.87. The van der Waals surface area contributed by atoms with Crippen LogP contribution in [0.25, 0.3) is 0 Å². The average Bonchev–Trinajstić information content (AvgIpc) is 2.53. The Morgan fingerprint density at radius 2 is 2.13 bits per heavy atom. The number of hydrogen-bond acceptors (Lipinski definition) is 6. The van der Waals surface area contributed by atoms with Gasteiger partial charge in [-0.2, -0.15) is 0 Å². The molecule has 0 spiro atoms. The number of methoxy groups -OCH3 is 1. The number of pyridine rings is 1. The van der Waals surface area contributed by atoms with Crippen LogP contribution in [-0.4, -0.2) is 28.0 Å².